The summed E-state index contributed by atoms with van der Waals surface area (Å²) in [5.41, 5.74) is 1.10. The van der Waals surface area contributed by atoms with E-state index < -0.39 is 16.7 Å². The Morgan fingerprint density at radius 1 is 1.50 bits per heavy atom. The van der Waals surface area contributed by atoms with Gasteiger partial charge in [0.1, 0.15) is 11.1 Å². The van der Waals surface area contributed by atoms with Gasteiger partial charge in [-0.15, -0.1) is 0 Å². The fourth-order valence-corrected chi connectivity index (χ4v) is 2.97. The minimum Gasteiger partial charge on any atom is -0.462 e. The summed E-state index contributed by atoms with van der Waals surface area (Å²) in [6, 6.07) is 2.64. The van der Waals surface area contributed by atoms with Gasteiger partial charge in [0, 0.05) is 12.6 Å². The fraction of sp³-hybridized carbons (Fsp3) is 0.333. The molecule has 1 N–H and O–H groups in total. The zero-order valence-corrected chi connectivity index (χ0v) is 11.9. The van der Waals surface area contributed by atoms with Gasteiger partial charge in [0.25, 0.3) is 5.69 Å². The van der Waals surface area contributed by atoms with Gasteiger partial charge in [-0.3, -0.25) is 14.9 Å². The molecule has 0 aromatic heterocycles. The zero-order chi connectivity index (χ0) is 15.9. The molecule has 1 atom stereocenters. The lowest BCUT2D eigenvalue weighted by molar-refractivity contribution is -0.385. The molecule has 0 saturated carbocycles. The summed E-state index contributed by atoms with van der Waals surface area (Å²) in [6.45, 7) is 2.45. The molecule has 0 amide bonds. The molecule has 7 heteroatoms. The van der Waals surface area contributed by atoms with Gasteiger partial charge in [0.15, 0.2) is 0 Å². The van der Waals surface area contributed by atoms with Crippen LogP contribution >= 0.6 is 0 Å². The smallest absolute Gasteiger partial charge is 0.341 e. The highest BCUT2D eigenvalue weighted by Gasteiger charge is 2.39. The molecule has 22 heavy (non-hydrogen) atoms. The van der Waals surface area contributed by atoms with E-state index in [1.807, 2.05) is 0 Å². The first kappa shape index (κ1) is 14.4. The predicted molar refractivity (Wildman–Crippen MR) is 76.6 cm³/mol. The van der Waals surface area contributed by atoms with E-state index in [0.29, 0.717) is 18.5 Å². The molecule has 0 spiro atoms. The number of nitro benzene ring substituents is 1. The standard InChI is InChI=1S/C15H14N2O5/c1-2-22-15(19)9-7-10-12-8(5-6-16-10)3-4-11(17(20)21)13(12)14(9)18/h3-4,7,10,16H,2,5-6H2,1H3. The third kappa shape index (κ3) is 2.10. The van der Waals surface area contributed by atoms with Crippen molar-refractivity contribution in [1.29, 1.82) is 0 Å². The number of ketones is 1. The second-order valence-corrected chi connectivity index (χ2v) is 5.10. The van der Waals surface area contributed by atoms with Gasteiger partial charge >= 0.3 is 5.97 Å². The lowest BCUT2D eigenvalue weighted by atomic mass is 9.80. The van der Waals surface area contributed by atoms with Crippen molar-refractivity contribution in [2.24, 2.45) is 0 Å². The Morgan fingerprint density at radius 2 is 2.27 bits per heavy atom. The summed E-state index contributed by atoms with van der Waals surface area (Å²) >= 11 is 0. The van der Waals surface area contributed by atoms with E-state index in [-0.39, 0.29) is 29.5 Å². The normalized spacial score (nSPS) is 19.2. The van der Waals surface area contributed by atoms with E-state index >= 15 is 0 Å². The van der Waals surface area contributed by atoms with Gasteiger partial charge < -0.3 is 10.1 Å². The molecule has 1 unspecified atom stereocenters. The summed E-state index contributed by atoms with van der Waals surface area (Å²) in [6.07, 6.45) is 2.20. The minimum absolute atomic E-state index is 0.00486. The van der Waals surface area contributed by atoms with Crippen molar-refractivity contribution in [3.8, 4) is 0 Å². The first-order valence-electron chi connectivity index (χ1n) is 7.01. The number of hydrogen-bond acceptors (Lipinski definition) is 6. The molecule has 114 valence electrons. The van der Waals surface area contributed by atoms with Crippen LogP contribution < -0.4 is 5.32 Å². The molecule has 1 aromatic rings. The Morgan fingerprint density at radius 3 is 2.95 bits per heavy atom. The van der Waals surface area contributed by atoms with Crippen LogP contribution in [0.3, 0.4) is 0 Å². The van der Waals surface area contributed by atoms with E-state index in [1.165, 1.54) is 12.1 Å². The Kier molecular flexibility index (Phi) is 3.50. The number of nitro groups is 1. The van der Waals surface area contributed by atoms with Crippen molar-refractivity contribution in [2.75, 3.05) is 13.2 Å². The second-order valence-electron chi connectivity index (χ2n) is 5.10. The third-order valence-electron chi connectivity index (χ3n) is 3.88. The molecule has 1 aliphatic heterocycles. The van der Waals surface area contributed by atoms with Crippen molar-refractivity contribution in [3.63, 3.8) is 0 Å². The maximum atomic E-state index is 12.6. The molecule has 1 aromatic carbocycles. The Labute approximate surface area is 126 Å². The first-order valence-corrected chi connectivity index (χ1v) is 7.01. The van der Waals surface area contributed by atoms with Crippen LogP contribution in [-0.4, -0.2) is 29.8 Å². The van der Waals surface area contributed by atoms with Crippen LogP contribution in [-0.2, 0) is 16.0 Å². The van der Waals surface area contributed by atoms with Crippen molar-refractivity contribution >= 4 is 17.4 Å². The monoisotopic (exact) mass is 302 g/mol. The Hall–Kier alpha value is -2.54. The lowest BCUT2D eigenvalue weighted by Gasteiger charge is -2.30. The summed E-state index contributed by atoms with van der Waals surface area (Å²) in [7, 11) is 0. The van der Waals surface area contributed by atoms with Crippen LogP contribution in [0.2, 0.25) is 0 Å². The summed E-state index contributed by atoms with van der Waals surface area (Å²) < 4.78 is 4.88. The minimum atomic E-state index is -0.745. The molecule has 0 saturated heterocycles. The van der Waals surface area contributed by atoms with E-state index in [9.17, 15) is 19.7 Å². The van der Waals surface area contributed by atoms with Gasteiger partial charge in [-0.2, -0.15) is 0 Å². The molecule has 1 heterocycles. The number of ether oxygens (including phenoxy) is 1. The first-order chi connectivity index (χ1) is 10.5. The van der Waals surface area contributed by atoms with Crippen LogP contribution in [0.5, 0.6) is 0 Å². The third-order valence-corrected chi connectivity index (χ3v) is 3.88. The van der Waals surface area contributed by atoms with Crippen molar-refractivity contribution in [3.05, 3.63) is 50.6 Å². The lowest BCUT2D eigenvalue weighted by Crippen LogP contribution is -2.35. The molecule has 0 radical (unpaired) electrons. The molecule has 2 aliphatic rings. The van der Waals surface area contributed by atoms with Gasteiger partial charge in [0.2, 0.25) is 5.78 Å². The van der Waals surface area contributed by atoms with E-state index in [4.69, 9.17) is 4.74 Å². The largest absolute Gasteiger partial charge is 0.462 e. The molecule has 7 nitrogen and oxygen atoms in total. The number of carbonyl (C=O) groups is 2. The van der Waals surface area contributed by atoms with Gasteiger partial charge in [-0.25, -0.2) is 4.79 Å². The van der Waals surface area contributed by atoms with Crippen LogP contribution in [0.1, 0.15) is 34.5 Å². The van der Waals surface area contributed by atoms with Gasteiger partial charge in [0.05, 0.1) is 17.6 Å². The van der Waals surface area contributed by atoms with E-state index in [2.05, 4.69) is 5.32 Å². The van der Waals surface area contributed by atoms with E-state index in [1.54, 1.807) is 13.0 Å². The summed E-state index contributed by atoms with van der Waals surface area (Å²) in [5.74, 6) is -1.38. The predicted octanol–water partition coefficient (Wildman–Crippen LogP) is 1.47. The van der Waals surface area contributed by atoms with Crippen LogP contribution in [0.25, 0.3) is 0 Å². The number of carbonyl (C=O) groups excluding carboxylic acids is 2. The number of nitrogens with one attached hydrogen (secondary N) is 1. The quantitative estimate of drug-likeness (QED) is 0.393. The fourth-order valence-electron chi connectivity index (χ4n) is 2.97. The van der Waals surface area contributed by atoms with Gasteiger partial charge in [-0.05, 0) is 30.5 Å². The molecule has 0 fully saturated rings. The Bertz CT molecular complexity index is 723. The number of Topliss-reactive ketones (excluding diaryl/α,β-unsaturated/α-hetero) is 1. The number of nitrogens with zero attached hydrogens (tertiary/aromatic N) is 1. The number of hydrogen-bond donors (Lipinski definition) is 1. The summed E-state index contributed by atoms with van der Waals surface area (Å²) in [4.78, 5) is 35.2. The van der Waals surface area contributed by atoms with Crippen molar-refractivity contribution in [2.45, 2.75) is 19.4 Å². The average Bonchev–Trinajstić information content (AvgIpc) is 2.50. The SMILES string of the molecule is CCOC(=O)C1=CC2NCCc3ccc([N+](=O)[O-])c(c32)C1=O. The van der Waals surface area contributed by atoms with Gasteiger partial charge in [-0.1, -0.05) is 6.07 Å². The second kappa shape index (κ2) is 5.34. The van der Waals surface area contributed by atoms with Crippen molar-refractivity contribution in [1.82, 2.24) is 5.32 Å². The summed E-state index contributed by atoms with van der Waals surface area (Å²) in [5, 5.41) is 14.4. The molecule has 1 aliphatic carbocycles. The Balaban J connectivity index is 2.20. The van der Waals surface area contributed by atoms with Crippen molar-refractivity contribution < 1.29 is 19.2 Å². The maximum absolute atomic E-state index is 12.6. The van der Waals surface area contributed by atoms with E-state index in [0.717, 1.165) is 5.56 Å². The maximum Gasteiger partial charge on any atom is 0.341 e. The average molecular weight is 302 g/mol. The highest BCUT2D eigenvalue weighted by atomic mass is 16.6. The highest BCUT2D eigenvalue weighted by Crippen LogP contribution is 2.38. The topological polar surface area (TPSA) is 98.5 Å². The molecule has 0 bridgehead atoms. The van der Waals surface area contributed by atoms with Crippen LogP contribution in [0.4, 0.5) is 5.69 Å². The number of esters is 1. The highest BCUT2D eigenvalue weighted by molar-refractivity contribution is 6.27. The number of rotatable bonds is 3. The van der Waals surface area contributed by atoms with Crippen LogP contribution in [0, 0.1) is 10.1 Å². The molecule has 3 rings (SSSR count). The number of benzene rings is 1. The zero-order valence-electron chi connectivity index (χ0n) is 11.9. The van der Waals surface area contributed by atoms with Crippen LogP contribution in [0.15, 0.2) is 23.8 Å². The molecular weight excluding hydrogens is 288 g/mol. The molecular formula is C15H14N2O5.